The van der Waals surface area contributed by atoms with Crippen LogP contribution in [-0.2, 0) is 117 Å². The largest absolute Gasteiger partial charge is 0.508 e. The van der Waals surface area contributed by atoms with Crippen LogP contribution >= 0.6 is 0 Å². The Hall–Kier alpha value is -13.9. The predicted molar refractivity (Wildman–Crippen MR) is 447 cm³/mol. The summed E-state index contributed by atoms with van der Waals surface area (Å²) in [4.78, 5) is 264. The maximum Gasteiger partial charge on any atom is 0.305 e. The molecule has 0 aliphatic carbocycles. The van der Waals surface area contributed by atoms with Crippen molar-refractivity contribution in [3.05, 3.63) is 114 Å². The molecule has 129 heavy (non-hydrogen) atoms. The fourth-order valence-electron chi connectivity index (χ4n) is 12.2. The second-order valence-corrected chi connectivity index (χ2v) is 30.9. The zero-order valence-electron chi connectivity index (χ0n) is 71.2. The Morgan fingerprint density at radius 1 is 0.419 bits per heavy atom. The van der Waals surface area contributed by atoms with E-state index < -0.39 is 286 Å². The van der Waals surface area contributed by atoms with Crippen molar-refractivity contribution in [2.45, 2.75) is 215 Å². The number of aromatic nitrogens is 2. The van der Waals surface area contributed by atoms with Crippen molar-refractivity contribution in [1.82, 2.24) is 89.7 Å². The van der Waals surface area contributed by atoms with Gasteiger partial charge in [-0.2, -0.15) is 0 Å². The number of aliphatic hydroxyl groups excluding tert-OH is 5. The number of carbonyl (C=O) groups excluding carboxylic acids is 16. The van der Waals surface area contributed by atoms with Crippen LogP contribution in [0.25, 0.3) is 0 Å². The van der Waals surface area contributed by atoms with Crippen molar-refractivity contribution in [3.63, 3.8) is 0 Å². The van der Waals surface area contributed by atoms with Gasteiger partial charge in [0.1, 0.15) is 95.6 Å². The van der Waals surface area contributed by atoms with Crippen molar-refractivity contribution in [3.8, 4) is 11.5 Å². The number of aliphatic hydroxyl groups is 5. The Morgan fingerprint density at radius 2 is 0.783 bits per heavy atom. The molecule has 1 aromatic heterocycles. The number of H-pyrrole nitrogens is 1. The molecule has 4 aromatic rings. The van der Waals surface area contributed by atoms with Crippen LogP contribution in [0.4, 0.5) is 0 Å². The number of carbonyl (C=O) groups is 19. The van der Waals surface area contributed by atoms with Crippen LogP contribution in [0.3, 0.4) is 0 Å². The third-order valence-corrected chi connectivity index (χ3v) is 19.2. The summed E-state index contributed by atoms with van der Waals surface area (Å²) in [5, 5.41) is 136. The minimum Gasteiger partial charge on any atom is -0.508 e. The maximum absolute atomic E-state index is 14.6. The summed E-state index contributed by atoms with van der Waals surface area (Å²) in [6, 6.07) is -8.28. The van der Waals surface area contributed by atoms with Gasteiger partial charge in [-0.05, 0) is 107 Å². The molecule has 16 amide bonds. The number of unbranched alkanes of at least 4 members (excludes halogenated alkanes) is 1. The van der Waals surface area contributed by atoms with Crippen LogP contribution < -0.4 is 97.0 Å². The van der Waals surface area contributed by atoms with Crippen molar-refractivity contribution in [2.75, 3.05) is 32.9 Å². The summed E-state index contributed by atoms with van der Waals surface area (Å²) in [6.45, 7) is 3.10. The molecule has 0 saturated carbocycles. The van der Waals surface area contributed by atoms with E-state index in [1.807, 2.05) is 10.6 Å². The molecule has 49 heteroatoms. The van der Waals surface area contributed by atoms with Gasteiger partial charge in [-0.1, -0.05) is 68.4 Å². The molecule has 1 heterocycles. The highest BCUT2D eigenvalue weighted by atomic mass is 16.4. The van der Waals surface area contributed by atoms with Crippen molar-refractivity contribution < 1.29 is 142 Å². The lowest BCUT2D eigenvalue weighted by Crippen LogP contribution is -2.63. The summed E-state index contributed by atoms with van der Waals surface area (Å²) >= 11 is 0. The highest BCUT2D eigenvalue weighted by molar-refractivity contribution is 6.02. The van der Waals surface area contributed by atoms with Crippen LogP contribution in [0.15, 0.2) is 91.4 Å². The second kappa shape index (κ2) is 52.9. The van der Waals surface area contributed by atoms with E-state index in [4.69, 9.17) is 17.2 Å². The fourth-order valence-corrected chi connectivity index (χ4v) is 12.2. The number of rotatable bonds is 56. The van der Waals surface area contributed by atoms with Gasteiger partial charge in [0, 0.05) is 31.9 Å². The molecule has 0 spiro atoms. The van der Waals surface area contributed by atoms with Crippen molar-refractivity contribution in [1.29, 1.82) is 0 Å². The van der Waals surface area contributed by atoms with E-state index >= 15 is 0 Å². The lowest BCUT2D eigenvalue weighted by atomic mass is 10.00. The Bertz CT molecular complexity index is 4520. The van der Waals surface area contributed by atoms with Gasteiger partial charge < -0.3 is 153 Å². The Labute approximate surface area is 737 Å². The molecule has 0 aliphatic rings. The third kappa shape index (κ3) is 37.3. The van der Waals surface area contributed by atoms with Crippen molar-refractivity contribution >= 4 is 112 Å². The molecule has 49 nitrogen and oxygen atoms in total. The number of nitrogens with two attached hydrogens (primary N) is 3. The van der Waals surface area contributed by atoms with Crippen LogP contribution in [0.5, 0.6) is 11.5 Å². The number of imidazole rings is 1. The molecule has 32 N–H and O–H groups in total. The van der Waals surface area contributed by atoms with E-state index in [0.29, 0.717) is 11.3 Å². The molecular weight excluding hydrogens is 1700 g/mol. The zero-order chi connectivity index (χ0) is 96.7. The normalized spacial score (nSPS) is 14.9. The number of primary amides is 1. The van der Waals surface area contributed by atoms with Crippen LogP contribution in [0.1, 0.15) is 109 Å². The standard InChI is InChI=1S/C80H114N20O29/c1-38(2)24-49(69(119)91-55(31-62(113)114)73(123)94-56(34-101)65(83)115)88-70(120)50(26-42-15-19-45(106)20-16-42)89-68(118)48(14-10-11-23-81)87-75(125)57(35-102)95-71(121)51(27-43-17-21-46(107)22-18-43)90-72(122)54(30-61(111)112)92-76(126)58(36-103)96-78(128)64(40(4)105)99-74(124)52(25-41-12-8-7-9-13-41)93-77(127)63(39(3)104)98-59(108)33-85-67(117)53(29-60(109)110)97-79(129)80(5,6)100-66(116)47(82)28-44-32-84-37-86-44/h7-9,12-13,15-22,32,37-40,47-58,63-64,101-107H,10-11,14,23-31,33-36,81-82H2,1-6H3,(H2,83,115)(H,84,86)(H,85,117)(H,87,125)(H,88,120)(H,89,118)(H,90,122)(H,91,119)(H,92,126)(H,93,127)(H,94,123)(H,95,121)(H,96,128)(H,97,129)(H,98,108)(H,99,124)(H,100,116)(H,109,110)(H,111,112)(H,113,114)/t39?,40?,47-,48-,49-,50-,51-,52-,53-,54-,55-,56-,57-,58-,63-,64-/m0/s1. The number of nitrogens with one attached hydrogen (secondary N) is 16. The lowest BCUT2D eigenvalue weighted by Gasteiger charge is -2.29. The minimum atomic E-state index is -2.25. The van der Waals surface area contributed by atoms with Crippen LogP contribution in [-0.4, -0.2) is 309 Å². The molecule has 2 unspecified atom stereocenters. The molecular formula is C80H114N20O29. The monoisotopic (exact) mass is 1820 g/mol. The quantitative estimate of drug-likeness (QED) is 0.0183. The van der Waals surface area contributed by atoms with E-state index in [1.165, 1.54) is 87.0 Å². The van der Waals surface area contributed by atoms with E-state index in [1.54, 1.807) is 19.9 Å². The number of carboxylic acid groups (broad SMARTS) is 3. The molecule has 3 aromatic carbocycles. The third-order valence-electron chi connectivity index (χ3n) is 19.2. The summed E-state index contributed by atoms with van der Waals surface area (Å²) in [6.07, 6.45) is -5.94. The first-order valence-corrected chi connectivity index (χ1v) is 40.4. The van der Waals surface area contributed by atoms with Crippen LogP contribution in [0.2, 0.25) is 0 Å². The molecule has 16 atom stereocenters. The number of phenolic OH excluding ortho intramolecular Hbond substituents is 2. The summed E-state index contributed by atoms with van der Waals surface area (Å²) in [5.41, 5.74) is 16.3. The predicted octanol–water partition coefficient (Wildman–Crippen LogP) is -10.4. The van der Waals surface area contributed by atoms with Crippen LogP contribution in [0, 0.1) is 5.92 Å². The number of nitrogens with zero attached hydrogens (tertiary/aromatic N) is 1. The van der Waals surface area contributed by atoms with E-state index in [0.717, 1.165) is 26.0 Å². The average molecular weight is 1820 g/mol. The van der Waals surface area contributed by atoms with E-state index in [9.17, 15) is 142 Å². The number of aliphatic carboxylic acids is 3. The smallest absolute Gasteiger partial charge is 0.305 e. The first kappa shape index (κ1) is 107. The molecule has 4 rings (SSSR count). The first-order chi connectivity index (χ1) is 60.7. The molecule has 0 saturated heterocycles. The number of hydrogen-bond acceptors (Lipinski definition) is 29. The summed E-state index contributed by atoms with van der Waals surface area (Å²) < 4.78 is 0. The van der Waals surface area contributed by atoms with Gasteiger partial charge in [0.25, 0.3) is 0 Å². The van der Waals surface area contributed by atoms with Crippen molar-refractivity contribution in [2.24, 2.45) is 23.1 Å². The fraction of sp³-hybridized carbons (Fsp3) is 0.500. The van der Waals surface area contributed by atoms with Gasteiger partial charge in [-0.25, -0.2) is 4.98 Å². The molecule has 0 radical (unpaired) electrons. The first-order valence-electron chi connectivity index (χ1n) is 40.4. The van der Waals surface area contributed by atoms with Gasteiger partial charge in [0.2, 0.25) is 94.5 Å². The van der Waals surface area contributed by atoms with E-state index in [-0.39, 0.29) is 61.3 Å². The van der Waals surface area contributed by atoms with E-state index in [2.05, 4.69) is 79.1 Å². The minimum absolute atomic E-state index is 0.0445. The number of hydrogen-bond donors (Lipinski definition) is 29. The van der Waals surface area contributed by atoms with Gasteiger partial charge in [0.15, 0.2) is 0 Å². The van der Waals surface area contributed by atoms with Gasteiger partial charge in [-0.15, -0.1) is 0 Å². The number of aromatic hydroxyl groups is 2. The number of aromatic amines is 1. The molecule has 708 valence electrons. The highest BCUT2D eigenvalue weighted by Gasteiger charge is 2.41. The Kier molecular flexibility index (Phi) is 44.1. The molecule has 0 bridgehead atoms. The highest BCUT2D eigenvalue weighted by Crippen LogP contribution is 2.18. The second-order valence-electron chi connectivity index (χ2n) is 30.9. The molecule has 0 aliphatic heterocycles. The zero-order valence-corrected chi connectivity index (χ0v) is 71.2. The molecule has 0 fully saturated rings. The number of amides is 16. The number of phenols is 2. The number of benzene rings is 3. The lowest BCUT2D eigenvalue weighted by molar-refractivity contribution is -0.142. The summed E-state index contributed by atoms with van der Waals surface area (Å²) in [5.74, 6) is -25.7. The number of carboxylic acids is 3. The maximum atomic E-state index is 14.6. The van der Waals surface area contributed by atoms with Gasteiger partial charge >= 0.3 is 17.9 Å². The SMILES string of the molecule is CC(C)C[C@H](NC(=O)[C@H](Cc1ccc(O)cc1)NC(=O)[C@H](CCCCN)NC(=O)[C@H](CO)NC(=O)[C@H](Cc1ccc(O)cc1)NC(=O)[C@H](CC(=O)O)NC(=O)[C@H](CO)NC(=O)[C@@H](NC(=O)[C@H](Cc1ccccc1)NC(=O)[C@@H](NC(=O)CNC(=O)[C@H](CC(=O)O)NC(=O)C(C)(C)NC(=O)[C@@H](N)Cc1c[nH]cn1)C(C)O)C(C)O)C(=O)N[C@@H](CC(=O)O)C(=O)N[C@@H](CO)C(N)=O. The van der Waals surface area contributed by atoms with Gasteiger partial charge in [0.05, 0.1) is 75.9 Å². The topological polar surface area (TPSA) is 814 Å². The average Bonchev–Trinajstić information content (AvgIpc) is 1.23. The Morgan fingerprint density at radius 3 is 1.20 bits per heavy atom. The summed E-state index contributed by atoms with van der Waals surface area (Å²) in [7, 11) is 0. The van der Waals surface area contributed by atoms with Gasteiger partial charge in [-0.3, -0.25) is 91.1 Å². The Balaban J connectivity index is 1.56.